The van der Waals surface area contributed by atoms with Gasteiger partial charge in [-0.15, -0.1) is 0 Å². The molecule has 0 radical (unpaired) electrons. The molecule has 1 aromatic rings. The maximum Gasteiger partial charge on any atom is 0.257 e. The van der Waals surface area contributed by atoms with Gasteiger partial charge in [-0.2, -0.15) is 4.37 Å². The van der Waals surface area contributed by atoms with E-state index >= 15 is 0 Å². The van der Waals surface area contributed by atoms with Crippen molar-refractivity contribution in [3.63, 3.8) is 0 Å². The van der Waals surface area contributed by atoms with E-state index in [-0.39, 0.29) is 46.7 Å². The van der Waals surface area contributed by atoms with Crippen LogP contribution in [-0.2, 0) is 38.8 Å². The maximum atomic E-state index is 11.4. The molecule has 0 aromatic carbocycles. The van der Waals surface area contributed by atoms with Crippen molar-refractivity contribution in [1.29, 1.82) is 0 Å². The zero-order valence-corrected chi connectivity index (χ0v) is 40.6. The summed E-state index contributed by atoms with van der Waals surface area (Å²) in [5, 5.41) is 1.05. The van der Waals surface area contributed by atoms with E-state index in [0.29, 0.717) is 57.4 Å². The molecule has 0 N–H and O–H groups in total. The first kappa shape index (κ1) is 52.2. The minimum absolute atomic E-state index is 0.0382. The molecule has 4 atom stereocenters. The SMILES string of the molecule is CC(C)(C)C1CO1.CC(C)(C)C1OC1(C)C.CC1=C(C)C(=O)N(C(C)C)C1=O.CC1=CC(=O)N(C(C)C)C1=O.CC1OC1C(C)(C)C.Cc1nc(C(C)(C)C)ns1. The van der Waals surface area contributed by atoms with Gasteiger partial charge in [0.25, 0.3) is 23.6 Å². The first-order valence-corrected chi connectivity index (χ1v) is 21.1. The minimum Gasteiger partial charge on any atom is -0.373 e. The van der Waals surface area contributed by atoms with Crippen LogP contribution in [0.25, 0.3) is 0 Å². The van der Waals surface area contributed by atoms with Crippen LogP contribution in [0, 0.1) is 23.2 Å². The molecular formula is C45H78N4O7S. The molecule has 0 saturated carbocycles. The fraction of sp³-hybridized carbons (Fsp3) is 0.778. The Morgan fingerprint density at radius 1 is 0.737 bits per heavy atom. The second-order valence-electron chi connectivity index (χ2n) is 20.9. The molecule has 5 aliphatic rings. The van der Waals surface area contributed by atoms with Crippen molar-refractivity contribution < 1.29 is 33.4 Å². The molecule has 3 fully saturated rings. The van der Waals surface area contributed by atoms with Gasteiger partial charge in [0.2, 0.25) is 0 Å². The molecule has 5 aliphatic heterocycles. The summed E-state index contributed by atoms with van der Waals surface area (Å²) in [6.45, 7) is 47.9. The summed E-state index contributed by atoms with van der Waals surface area (Å²) in [5.41, 5.74) is 3.01. The number of imide groups is 2. The standard InChI is InChI=1S/C9H13NO2.C8H11NO2.C8H16O.C7H12N2S.C7H14O.C6H12O/c1-5(2)10-8(11)6(3)7(4)9(10)12;1-5(2)9-7(10)4-6(3)8(9)11;1-7(2,3)6-8(4,5)9-6;1-5-8-6(9-10-5)7(2,3)4;1-5-6(8-5)7(2,3)4;1-6(2,3)5-4-7-5/h5H,1-4H3;4-5H,1-3H3;6H,1-5H3;1-4H3;5-6H,1-4H3;5H,4H2,1-3H3. The van der Waals surface area contributed by atoms with Gasteiger partial charge in [-0.3, -0.25) is 29.0 Å². The third-order valence-corrected chi connectivity index (χ3v) is 10.3. The van der Waals surface area contributed by atoms with Gasteiger partial charge in [-0.05, 0) is 104 Å². The van der Waals surface area contributed by atoms with E-state index < -0.39 is 0 Å². The number of nitrogens with zero attached hydrogens (tertiary/aromatic N) is 4. The number of hydrogen-bond acceptors (Lipinski definition) is 10. The van der Waals surface area contributed by atoms with E-state index in [9.17, 15) is 19.2 Å². The highest BCUT2D eigenvalue weighted by atomic mass is 32.1. The molecule has 4 unspecified atom stereocenters. The van der Waals surface area contributed by atoms with E-state index in [1.165, 1.54) is 27.4 Å². The van der Waals surface area contributed by atoms with Crippen LogP contribution in [0.1, 0.15) is 163 Å². The molecule has 11 nitrogen and oxygen atoms in total. The van der Waals surface area contributed by atoms with E-state index in [2.05, 4.69) is 113 Å². The van der Waals surface area contributed by atoms with Crippen LogP contribution in [0.5, 0.6) is 0 Å². The molecule has 326 valence electrons. The number of aromatic nitrogens is 2. The number of epoxide rings is 3. The lowest BCUT2D eigenvalue weighted by Crippen LogP contribution is -2.37. The predicted molar refractivity (Wildman–Crippen MR) is 231 cm³/mol. The summed E-state index contributed by atoms with van der Waals surface area (Å²) in [4.78, 5) is 51.9. The fourth-order valence-corrected chi connectivity index (χ4v) is 6.73. The van der Waals surface area contributed by atoms with Crippen molar-refractivity contribution in [1.82, 2.24) is 19.2 Å². The topological polar surface area (TPSA) is 138 Å². The lowest BCUT2D eigenvalue weighted by atomic mass is 9.86. The smallest absolute Gasteiger partial charge is 0.257 e. The van der Waals surface area contributed by atoms with Crippen molar-refractivity contribution >= 4 is 35.2 Å². The van der Waals surface area contributed by atoms with Crippen LogP contribution in [0.15, 0.2) is 22.8 Å². The van der Waals surface area contributed by atoms with Gasteiger partial charge in [0.05, 0.1) is 36.6 Å². The quantitative estimate of drug-likeness (QED) is 0.211. The van der Waals surface area contributed by atoms with Gasteiger partial charge >= 0.3 is 0 Å². The third-order valence-electron chi connectivity index (χ3n) is 9.65. The molecule has 0 bridgehead atoms. The number of ether oxygens (including phenoxy) is 3. The molecule has 0 aliphatic carbocycles. The first-order chi connectivity index (χ1) is 25.5. The van der Waals surface area contributed by atoms with Crippen LogP contribution in [-0.4, -0.2) is 91.5 Å². The molecule has 57 heavy (non-hydrogen) atoms. The number of amides is 4. The van der Waals surface area contributed by atoms with Gasteiger partial charge in [0, 0.05) is 40.3 Å². The Labute approximate surface area is 349 Å². The number of hydrogen-bond donors (Lipinski definition) is 0. The lowest BCUT2D eigenvalue weighted by molar-refractivity contribution is -0.140. The molecule has 6 heterocycles. The molecule has 4 amide bonds. The van der Waals surface area contributed by atoms with Gasteiger partial charge in [0.15, 0.2) is 0 Å². The van der Waals surface area contributed by atoms with Gasteiger partial charge in [-0.1, -0.05) is 83.1 Å². The highest BCUT2D eigenvalue weighted by molar-refractivity contribution is 7.05. The predicted octanol–water partition coefficient (Wildman–Crippen LogP) is 9.41. The summed E-state index contributed by atoms with van der Waals surface area (Å²) >= 11 is 1.47. The lowest BCUT2D eigenvalue weighted by Gasteiger charge is -2.18. The van der Waals surface area contributed by atoms with E-state index in [4.69, 9.17) is 14.2 Å². The van der Waals surface area contributed by atoms with Crippen LogP contribution in [0.4, 0.5) is 0 Å². The largest absolute Gasteiger partial charge is 0.373 e. The molecule has 3 saturated heterocycles. The zero-order valence-electron chi connectivity index (χ0n) is 39.8. The number of rotatable bonds is 2. The third kappa shape index (κ3) is 16.4. The maximum absolute atomic E-state index is 11.4. The van der Waals surface area contributed by atoms with Crippen LogP contribution >= 0.6 is 11.5 Å². The van der Waals surface area contributed by atoms with Crippen molar-refractivity contribution in [3.8, 4) is 0 Å². The minimum atomic E-state index is -0.192. The Morgan fingerprint density at radius 2 is 1.16 bits per heavy atom. The van der Waals surface area contributed by atoms with Crippen molar-refractivity contribution in [2.24, 2.45) is 16.2 Å². The van der Waals surface area contributed by atoms with Gasteiger partial charge in [-0.25, -0.2) is 4.98 Å². The first-order valence-electron chi connectivity index (χ1n) is 20.3. The monoisotopic (exact) mass is 819 g/mol. The summed E-state index contributed by atoms with van der Waals surface area (Å²) in [6.07, 6.45) is 3.41. The Balaban J connectivity index is 0.000000345. The fourth-order valence-electron chi connectivity index (χ4n) is 6.07. The van der Waals surface area contributed by atoms with E-state index in [1.54, 1.807) is 20.8 Å². The Morgan fingerprint density at radius 3 is 1.26 bits per heavy atom. The molecular weight excluding hydrogens is 741 g/mol. The number of carbonyl (C=O) groups excluding carboxylic acids is 4. The van der Waals surface area contributed by atoms with Crippen LogP contribution < -0.4 is 0 Å². The highest BCUT2D eigenvalue weighted by Crippen LogP contribution is 2.46. The van der Waals surface area contributed by atoms with E-state index in [1.807, 2.05) is 34.6 Å². The summed E-state index contributed by atoms with van der Waals surface area (Å²) in [7, 11) is 0. The molecule has 12 heteroatoms. The summed E-state index contributed by atoms with van der Waals surface area (Å²) < 4.78 is 20.0. The molecule has 1 aromatic heterocycles. The van der Waals surface area contributed by atoms with Crippen molar-refractivity contribution in [2.45, 2.75) is 207 Å². The summed E-state index contributed by atoms with van der Waals surface area (Å²) in [5.74, 6) is 0.308. The number of carbonyl (C=O) groups is 4. The van der Waals surface area contributed by atoms with Gasteiger partial charge < -0.3 is 14.2 Å². The van der Waals surface area contributed by atoms with Crippen molar-refractivity contribution in [2.75, 3.05) is 6.61 Å². The zero-order chi connectivity index (χ0) is 45.0. The average Bonchev–Trinajstić information content (AvgIpc) is 3.97. The Bertz CT molecular complexity index is 1600. The van der Waals surface area contributed by atoms with E-state index in [0.717, 1.165) is 17.4 Å². The van der Waals surface area contributed by atoms with Crippen LogP contribution in [0.3, 0.4) is 0 Å². The average molecular weight is 819 g/mol. The molecule has 0 spiro atoms. The van der Waals surface area contributed by atoms with Crippen molar-refractivity contribution in [3.05, 3.63) is 33.6 Å². The normalized spacial score (nSPS) is 23.6. The summed E-state index contributed by atoms with van der Waals surface area (Å²) in [6, 6.07) is -0.0823. The van der Waals surface area contributed by atoms with Gasteiger partial charge in [0.1, 0.15) is 10.8 Å². The Kier molecular flexibility index (Phi) is 17.9. The van der Waals surface area contributed by atoms with Crippen LogP contribution in [0.2, 0.25) is 0 Å². The Hall–Kier alpha value is -2.80. The molecule has 6 rings (SSSR count). The number of aryl methyl sites for hydroxylation is 1. The highest BCUT2D eigenvalue weighted by Gasteiger charge is 2.54. The second kappa shape index (κ2) is 19.5. The second-order valence-corrected chi connectivity index (χ2v) is 21.9.